The first-order chi connectivity index (χ1) is 59.5. The number of guanidine groups is 1. The van der Waals surface area contributed by atoms with Gasteiger partial charge in [-0.25, -0.2) is 9.59 Å². The smallest absolute Gasteiger partial charge is 0.350 e. The molecule has 8 amide bonds. The second kappa shape index (κ2) is 44.1. The number of hydrogen-bond acceptors (Lipinski definition) is 28. The fraction of sp³-hybridized carbons (Fsp3) is 0.552. The number of thioether (sulfide) groups is 1. The summed E-state index contributed by atoms with van der Waals surface area (Å²) in [5.41, 5.74) is 14.7. The molecule has 1 aliphatic heterocycles. The molecule has 3 fully saturated rings. The number of ketones is 1. The van der Waals surface area contributed by atoms with Crippen LogP contribution in [0.25, 0.3) is 0 Å². The van der Waals surface area contributed by atoms with Crippen molar-refractivity contribution in [2.75, 3.05) is 32.5 Å². The molecule has 126 heavy (non-hydrogen) atoms. The summed E-state index contributed by atoms with van der Waals surface area (Å²) >= 11 is 0.744. The molecule has 3 unspecified atom stereocenters. The van der Waals surface area contributed by atoms with Crippen molar-refractivity contribution in [2.24, 2.45) is 51.5 Å². The van der Waals surface area contributed by atoms with Gasteiger partial charge in [0.15, 0.2) is 29.3 Å². The second-order valence-corrected chi connectivity index (χ2v) is 34.2. The Morgan fingerprint density at radius 1 is 0.698 bits per heavy atom. The zero-order valence-corrected chi connectivity index (χ0v) is 73.4. The van der Waals surface area contributed by atoms with Crippen molar-refractivity contribution in [2.45, 2.75) is 248 Å². The van der Waals surface area contributed by atoms with E-state index in [1.54, 1.807) is 75.4 Å². The van der Waals surface area contributed by atoms with Crippen molar-refractivity contribution in [3.05, 3.63) is 125 Å². The number of aromatic nitrogens is 1. The Balaban J connectivity index is 1.05. The minimum Gasteiger partial charge on any atom is -0.494 e. The first-order valence-electron chi connectivity index (χ1n) is 42.1. The number of esters is 5. The Morgan fingerprint density at radius 3 is 1.80 bits per heavy atom. The predicted octanol–water partition coefficient (Wildman–Crippen LogP) is 1.93. The third kappa shape index (κ3) is 23.4. The number of ether oxygens (including phenoxy) is 6. The summed E-state index contributed by atoms with van der Waals surface area (Å²) in [4.78, 5) is 199. The van der Waals surface area contributed by atoms with Gasteiger partial charge in [-0.1, -0.05) is 121 Å². The molecular weight excluding hydrogens is 1660 g/mol. The number of Topliss-reactive ketones (excluding diaryl/α,β-unsaturated/α-hetero) is 1. The lowest BCUT2D eigenvalue weighted by Gasteiger charge is -2.67. The van der Waals surface area contributed by atoms with Crippen LogP contribution in [0.1, 0.15) is 179 Å². The molecular formula is C87H120N14O24S. The van der Waals surface area contributed by atoms with E-state index in [-0.39, 0.29) is 83.2 Å². The zero-order chi connectivity index (χ0) is 93.0. The monoisotopic (exact) mass is 1780 g/mol. The lowest BCUT2D eigenvalue weighted by atomic mass is 9.44. The van der Waals surface area contributed by atoms with Crippen molar-refractivity contribution in [3.8, 4) is 11.8 Å². The number of carbonyl (C=O) groups excluding carboxylic acids is 14. The topological polar surface area (TPSA) is 604 Å². The van der Waals surface area contributed by atoms with E-state index in [0.717, 1.165) is 36.2 Å². The normalized spacial score (nSPS) is 23.3. The van der Waals surface area contributed by atoms with Crippen LogP contribution in [-0.4, -0.2) is 230 Å². The van der Waals surface area contributed by atoms with Gasteiger partial charge in [0.25, 0.3) is 5.91 Å². The third-order valence-corrected chi connectivity index (χ3v) is 25.5. The van der Waals surface area contributed by atoms with Gasteiger partial charge in [0, 0.05) is 76.0 Å². The number of nitrogens with two attached hydrogens (primary N) is 4. The Morgan fingerprint density at radius 2 is 1.25 bits per heavy atom. The lowest BCUT2D eigenvalue weighted by Crippen LogP contribution is -2.82. The van der Waals surface area contributed by atoms with Gasteiger partial charge in [-0.05, 0) is 112 Å². The molecule has 0 spiro atoms. The molecule has 3 aliphatic carbocycles. The third-order valence-electron chi connectivity index (χ3n) is 24.4. The maximum Gasteiger partial charge on any atom is 0.350 e. The van der Waals surface area contributed by atoms with E-state index in [2.05, 4.69) is 42.5 Å². The highest BCUT2D eigenvalue weighted by atomic mass is 32.2. The van der Waals surface area contributed by atoms with Gasteiger partial charge in [0.1, 0.15) is 60.2 Å². The summed E-state index contributed by atoms with van der Waals surface area (Å²) in [6.45, 7) is 14.1. The number of hydrogen-bond donors (Lipinski definition) is 17. The quantitative estimate of drug-likeness (QED) is 0.00572. The Labute approximate surface area is 734 Å². The van der Waals surface area contributed by atoms with Gasteiger partial charge in [-0.3, -0.25) is 67.5 Å². The molecule has 39 heteroatoms. The number of rotatable bonds is 43. The van der Waals surface area contributed by atoms with Crippen molar-refractivity contribution < 1.29 is 116 Å². The highest BCUT2D eigenvalue weighted by Gasteiger charge is 2.78. The summed E-state index contributed by atoms with van der Waals surface area (Å²) in [6.07, 6.45) is -11.9. The van der Waals surface area contributed by atoms with Crippen LogP contribution in [0.15, 0.2) is 113 Å². The largest absolute Gasteiger partial charge is 0.494 e. The lowest BCUT2D eigenvalue weighted by molar-refractivity contribution is -0.346. The number of likely N-dealkylation sites (N-methyl/N-ethyl adjacent to an activating group) is 1. The van der Waals surface area contributed by atoms with Crippen LogP contribution in [0.5, 0.6) is 11.8 Å². The fourth-order valence-corrected chi connectivity index (χ4v) is 17.7. The zero-order valence-electron chi connectivity index (χ0n) is 72.6. The van der Waals surface area contributed by atoms with Crippen LogP contribution < -0.4 is 65.5 Å². The van der Waals surface area contributed by atoms with Crippen LogP contribution in [0.3, 0.4) is 0 Å². The van der Waals surface area contributed by atoms with E-state index >= 15 is 9.59 Å². The maximum absolute atomic E-state index is 16.1. The summed E-state index contributed by atoms with van der Waals surface area (Å²) in [5.74, 6) is -17.8. The van der Waals surface area contributed by atoms with Crippen molar-refractivity contribution >= 4 is 101 Å². The molecule has 38 nitrogen and oxygen atoms in total. The number of fused-ring (bicyclic) bond motifs is 5. The molecule has 8 rings (SSSR count). The van der Waals surface area contributed by atoms with Gasteiger partial charge in [0.05, 0.1) is 47.0 Å². The molecule has 2 bridgehead atoms. The number of nitrogens with zero attached hydrogens (tertiary/aromatic N) is 1. The molecule has 19 atom stereocenters. The standard InChI is InChI=1S/C87H120N14O24S/c1-12-45(3)65(78(114)93-11)98-76(112)54(32-23-24-37-88)97-79(115)66(46(4)13-2)99-77(113)56(34-35-61(90)105)96-75(111)55(33-25-38-94-83(91)92)95-74(110)53(89)43-126-58-40-62(106)101(80(58)116)39-36-63(107)123-69(67(50-26-17-14-18-27-50)100-73(109)51-28-19-15-20-29-51)82(118)122-57-42-87(119)72(124-81(117)52-30-21-16-22-31-52)70-85(10,59(104)41-60-86(70,44-120-60)125-49(7)103)71(108)68(121-48(6)102)64(47(57)5)84(87,8)9/h14-22,26-31,40,45-46,53-57,59-60,65-70,72,104,106,116,119H,12-13,23-25,32-39,41-44,88-89H2,1-11H3,(H2,90,105)(H,93,114)(H,95,110)(H,96,111)(H,97,115)(H,98,112)(H,99,113)(H,100,109)(H4,91,92,94)/t45?,46?,53-,54-,55-,56-,57-,59-,60+,65-,66-,67-,68+,69+,70?,72-,85+,86-,87+/m0/s1. The summed E-state index contributed by atoms with van der Waals surface area (Å²) in [5, 5.41) is 78.8. The van der Waals surface area contributed by atoms with E-state index in [4.69, 9.17) is 56.8 Å². The Kier molecular flexibility index (Phi) is 34.9. The highest BCUT2D eigenvalue weighted by Crippen LogP contribution is 2.65. The number of amides is 8. The van der Waals surface area contributed by atoms with Crippen molar-refractivity contribution in [1.29, 1.82) is 5.41 Å². The summed E-state index contributed by atoms with van der Waals surface area (Å²) < 4.78 is 38.2. The first kappa shape index (κ1) is 99.9. The van der Waals surface area contributed by atoms with Crippen LogP contribution in [0.2, 0.25) is 0 Å². The van der Waals surface area contributed by atoms with Gasteiger partial charge >= 0.3 is 29.8 Å². The molecule has 1 saturated heterocycles. The minimum atomic E-state index is -2.63. The van der Waals surface area contributed by atoms with Crippen LogP contribution >= 0.6 is 11.8 Å². The minimum absolute atomic E-state index is 0.00376. The van der Waals surface area contributed by atoms with E-state index < -0.39 is 252 Å². The Bertz CT molecular complexity index is 4650. The van der Waals surface area contributed by atoms with Crippen LogP contribution in [-0.2, 0) is 92.5 Å². The molecule has 2 saturated carbocycles. The number of unbranched alkanes of at least 4 members (excludes halogenated alkanes) is 1. The molecule has 4 aromatic rings. The van der Waals surface area contributed by atoms with Crippen LogP contribution in [0.4, 0.5) is 0 Å². The second-order valence-electron chi connectivity index (χ2n) is 33.1. The summed E-state index contributed by atoms with van der Waals surface area (Å²) in [6, 6.07) is 14.3. The van der Waals surface area contributed by atoms with Gasteiger partial charge in [-0.15, -0.1) is 11.8 Å². The molecule has 688 valence electrons. The predicted molar refractivity (Wildman–Crippen MR) is 456 cm³/mol. The molecule has 0 radical (unpaired) electrons. The van der Waals surface area contributed by atoms with Gasteiger partial charge < -0.3 is 114 Å². The Hall–Kier alpha value is -11.5. The number of aliphatic hydroxyl groups is 2. The highest BCUT2D eigenvalue weighted by molar-refractivity contribution is 7.99. The summed E-state index contributed by atoms with van der Waals surface area (Å²) in [7, 11) is 1.43. The fourth-order valence-electron chi connectivity index (χ4n) is 16.8. The van der Waals surface area contributed by atoms with Crippen molar-refractivity contribution in [1.82, 2.24) is 47.1 Å². The van der Waals surface area contributed by atoms with Gasteiger partial charge in [0.2, 0.25) is 53.3 Å². The van der Waals surface area contributed by atoms with Gasteiger partial charge in [-0.2, -0.15) is 0 Å². The average Bonchev–Trinajstić information content (AvgIpc) is 1.03. The number of carbonyl (C=O) groups is 14. The molecule has 21 N–H and O–H groups in total. The number of nitrogens with one attached hydrogen (secondary N) is 9. The van der Waals surface area contributed by atoms with Crippen molar-refractivity contribution in [3.63, 3.8) is 0 Å². The number of aromatic hydroxyl groups is 2. The van der Waals surface area contributed by atoms with E-state index in [1.165, 1.54) is 71.1 Å². The van der Waals surface area contributed by atoms with E-state index in [9.17, 15) is 78.0 Å². The number of aliphatic hydroxyl groups excluding tert-OH is 1. The van der Waals surface area contributed by atoms with E-state index in [1.807, 2.05) is 6.92 Å². The first-order valence-corrected chi connectivity index (χ1v) is 43.0. The maximum atomic E-state index is 16.1. The number of primary amides is 1. The molecule has 3 aromatic carbocycles. The average molecular weight is 1780 g/mol. The van der Waals surface area contributed by atoms with E-state index in [0.29, 0.717) is 25.7 Å². The molecule has 2 heterocycles. The number of benzene rings is 3. The van der Waals surface area contributed by atoms with Crippen LogP contribution in [0, 0.1) is 34.0 Å². The SMILES string of the molecule is CCC(C)[C@H](NC(=O)[C@H](CCCCN)NC(=O)[C@@H](NC(=O)[C@H](CCC(N)=O)NC(=O)[C@H](CCCNC(=N)N)NC(=O)[C@@H](N)CSc1cc(O)n(CCC(=O)O[C@@H](C(=O)O[C@H]2C[C@@]3(O)[C@@H](OC(=O)c4ccccc4)C4[C@](C)(C(=O)[C@H](OC(C)=O)C(=C2C)C3(C)C)[C@@H](O)C[C@H]2OC[C@@]42OC(C)=O)[C@@H](NC(=O)c2ccccc2)c2ccccc2)c1O)C(C)CC)C(=O)NC. The molecule has 4 aliphatic rings. The molecule has 1 aromatic heterocycles.